The van der Waals surface area contributed by atoms with Crippen LogP contribution in [-0.2, 0) is 10.5 Å². The van der Waals surface area contributed by atoms with Crippen LogP contribution in [0.3, 0.4) is 0 Å². The smallest absolute Gasteiger partial charge is 0.273 e. The lowest BCUT2D eigenvalue weighted by Crippen LogP contribution is -2.41. The van der Waals surface area contributed by atoms with Crippen molar-refractivity contribution in [3.63, 3.8) is 0 Å². The molecule has 0 radical (unpaired) electrons. The zero-order valence-corrected chi connectivity index (χ0v) is 21.9. The number of halogens is 2. The van der Waals surface area contributed by atoms with E-state index in [-0.39, 0.29) is 17.7 Å². The number of thiazole rings is 1. The number of likely N-dealkylation sites (tertiary alicyclic amines) is 1. The fourth-order valence-corrected chi connectivity index (χ4v) is 5.95. The first-order valence-electron chi connectivity index (χ1n) is 11.0. The van der Waals surface area contributed by atoms with Crippen LogP contribution in [0.25, 0.3) is 17.3 Å². The van der Waals surface area contributed by atoms with Gasteiger partial charge in [-0.1, -0.05) is 35.0 Å². The number of benzene rings is 1. The summed E-state index contributed by atoms with van der Waals surface area (Å²) in [6, 6.07) is 8.86. The van der Waals surface area contributed by atoms with E-state index < -0.39 is 0 Å². The molecule has 1 aromatic carbocycles. The molecule has 0 spiro atoms. The number of carbonyl (C=O) groups is 2. The van der Waals surface area contributed by atoms with Crippen molar-refractivity contribution in [2.24, 2.45) is 11.7 Å². The highest BCUT2D eigenvalue weighted by Crippen LogP contribution is 2.33. The van der Waals surface area contributed by atoms with Gasteiger partial charge in [0.15, 0.2) is 10.9 Å². The highest BCUT2D eigenvalue weighted by molar-refractivity contribution is 7.98. The Labute approximate surface area is 224 Å². The number of amides is 2. The minimum atomic E-state index is -0.306. The maximum absolute atomic E-state index is 12.9. The van der Waals surface area contributed by atoms with Gasteiger partial charge in [-0.2, -0.15) is 0 Å². The summed E-state index contributed by atoms with van der Waals surface area (Å²) in [6.07, 6.45) is 2.73. The number of rotatable bonds is 7. The quantitative estimate of drug-likeness (QED) is 0.317. The van der Waals surface area contributed by atoms with Crippen molar-refractivity contribution in [3.8, 4) is 17.3 Å². The third kappa shape index (κ3) is 5.15. The highest BCUT2D eigenvalue weighted by Gasteiger charge is 2.27. The number of hydrogen-bond acceptors (Lipinski definition) is 8. The van der Waals surface area contributed by atoms with Crippen LogP contribution >= 0.6 is 46.3 Å². The van der Waals surface area contributed by atoms with Gasteiger partial charge in [-0.25, -0.2) is 4.98 Å². The Morgan fingerprint density at radius 3 is 2.67 bits per heavy atom. The third-order valence-electron chi connectivity index (χ3n) is 5.82. The molecule has 4 aromatic rings. The molecule has 1 aliphatic rings. The summed E-state index contributed by atoms with van der Waals surface area (Å²) in [5.41, 5.74) is 6.52. The summed E-state index contributed by atoms with van der Waals surface area (Å²) in [5, 5.41) is 12.7. The Hall–Kier alpha value is -2.86. The molecule has 36 heavy (non-hydrogen) atoms. The summed E-state index contributed by atoms with van der Waals surface area (Å²) >= 11 is 15.2. The number of carbonyl (C=O) groups excluding carboxylic acids is 2. The number of aromatic nitrogens is 4. The lowest BCUT2D eigenvalue weighted by Gasteiger charge is -2.30. The molecule has 5 rings (SSSR count). The maximum Gasteiger partial charge on any atom is 0.273 e. The van der Waals surface area contributed by atoms with Crippen molar-refractivity contribution >= 4 is 58.1 Å². The molecule has 13 heteroatoms. The molecule has 1 fully saturated rings. The van der Waals surface area contributed by atoms with Gasteiger partial charge in [0.05, 0.1) is 27.7 Å². The first-order chi connectivity index (χ1) is 17.4. The van der Waals surface area contributed by atoms with E-state index in [0.717, 1.165) is 10.7 Å². The molecule has 1 aliphatic heterocycles. The molecule has 0 atom stereocenters. The Morgan fingerprint density at radius 2 is 1.97 bits per heavy atom. The van der Waals surface area contributed by atoms with Gasteiger partial charge in [0.1, 0.15) is 10.7 Å². The number of nitrogens with two attached hydrogens (primary N) is 1. The molecule has 0 aliphatic carbocycles. The second kappa shape index (κ2) is 10.6. The van der Waals surface area contributed by atoms with Crippen molar-refractivity contribution in [1.29, 1.82) is 0 Å². The van der Waals surface area contributed by atoms with Gasteiger partial charge in [-0.3, -0.25) is 14.2 Å². The molecule has 4 heterocycles. The van der Waals surface area contributed by atoms with Gasteiger partial charge in [-0.05, 0) is 43.2 Å². The average Bonchev–Trinajstić information content (AvgIpc) is 3.64. The molecule has 9 nitrogen and oxygen atoms in total. The van der Waals surface area contributed by atoms with Crippen molar-refractivity contribution < 1.29 is 14.0 Å². The van der Waals surface area contributed by atoms with E-state index >= 15 is 0 Å². The van der Waals surface area contributed by atoms with Gasteiger partial charge in [0, 0.05) is 24.4 Å². The van der Waals surface area contributed by atoms with Crippen molar-refractivity contribution in [2.45, 2.75) is 23.8 Å². The normalized spacial score (nSPS) is 14.3. The lowest BCUT2D eigenvalue weighted by molar-refractivity contribution is -0.123. The lowest BCUT2D eigenvalue weighted by atomic mass is 9.96. The molecule has 186 valence electrons. The molecule has 0 bridgehead atoms. The molecule has 2 amide bonds. The van der Waals surface area contributed by atoms with Gasteiger partial charge in [0.2, 0.25) is 11.7 Å². The van der Waals surface area contributed by atoms with E-state index in [2.05, 4.69) is 15.2 Å². The van der Waals surface area contributed by atoms with Crippen LogP contribution in [0, 0.1) is 5.92 Å². The Morgan fingerprint density at radius 1 is 1.17 bits per heavy atom. The van der Waals surface area contributed by atoms with E-state index in [0.29, 0.717) is 64.2 Å². The second-order valence-electron chi connectivity index (χ2n) is 8.10. The van der Waals surface area contributed by atoms with Crippen LogP contribution in [0.4, 0.5) is 0 Å². The Balaban J connectivity index is 1.32. The van der Waals surface area contributed by atoms with E-state index in [1.54, 1.807) is 40.8 Å². The standard InChI is InChI=1S/C23H20Cl2N6O3S2/c24-15-4-3-14(10-16(15)25)31-21(18-2-1-9-34-18)28-29-23(31)36-12-19-27-17(11-35-19)22(33)30-7-5-13(6-8-30)20(26)32/h1-4,9-11,13H,5-8,12H2,(H2,26,32). The maximum atomic E-state index is 12.9. The number of furan rings is 1. The number of primary amides is 1. The van der Waals surface area contributed by atoms with Crippen LogP contribution in [0.1, 0.15) is 28.3 Å². The summed E-state index contributed by atoms with van der Waals surface area (Å²) < 4.78 is 7.39. The molecule has 2 N–H and O–H groups in total. The third-order valence-corrected chi connectivity index (χ3v) is 8.53. The van der Waals surface area contributed by atoms with Crippen LogP contribution in [0.2, 0.25) is 10.0 Å². The van der Waals surface area contributed by atoms with Gasteiger partial charge >= 0.3 is 0 Å². The van der Waals surface area contributed by atoms with Crippen molar-refractivity contribution in [1.82, 2.24) is 24.6 Å². The monoisotopic (exact) mass is 562 g/mol. The van der Waals surface area contributed by atoms with E-state index in [4.69, 9.17) is 33.4 Å². The number of piperidine rings is 1. The van der Waals surface area contributed by atoms with Crippen molar-refractivity contribution in [2.75, 3.05) is 13.1 Å². The fraction of sp³-hybridized carbons (Fsp3) is 0.261. The number of nitrogens with zero attached hydrogens (tertiary/aromatic N) is 5. The van der Waals surface area contributed by atoms with Gasteiger partial charge < -0.3 is 15.1 Å². The Kier molecular flexibility index (Phi) is 7.33. The zero-order valence-electron chi connectivity index (χ0n) is 18.8. The van der Waals surface area contributed by atoms with Crippen LogP contribution in [0.15, 0.2) is 51.5 Å². The van der Waals surface area contributed by atoms with Gasteiger partial charge in [-0.15, -0.1) is 21.5 Å². The predicted molar refractivity (Wildman–Crippen MR) is 139 cm³/mol. The molecule has 1 saturated heterocycles. The highest BCUT2D eigenvalue weighted by atomic mass is 35.5. The average molecular weight is 563 g/mol. The van der Waals surface area contributed by atoms with Crippen LogP contribution in [0.5, 0.6) is 0 Å². The van der Waals surface area contributed by atoms with Crippen molar-refractivity contribution in [3.05, 3.63) is 62.7 Å². The largest absolute Gasteiger partial charge is 0.461 e. The van der Waals surface area contributed by atoms with E-state index in [9.17, 15) is 9.59 Å². The zero-order chi connectivity index (χ0) is 25.2. The summed E-state index contributed by atoms with van der Waals surface area (Å²) in [5.74, 6) is 0.955. The van der Waals surface area contributed by atoms with Crippen LogP contribution in [-0.4, -0.2) is 49.6 Å². The predicted octanol–water partition coefficient (Wildman–Crippen LogP) is 4.92. The fourth-order valence-electron chi connectivity index (χ4n) is 3.92. The Bertz CT molecular complexity index is 1400. The summed E-state index contributed by atoms with van der Waals surface area (Å²) in [4.78, 5) is 30.5. The first-order valence-corrected chi connectivity index (χ1v) is 13.6. The van der Waals surface area contributed by atoms with E-state index in [1.807, 2.05) is 10.6 Å². The van der Waals surface area contributed by atoms with E-state index in [1.165, 1.54) is 23.1 Å². The molecular weight excluding hydrogens is 543 g/mol. The molecule has 0 saturated carbocycles. The number of hydrogen-bond donors (Lipinski definition) is 1. The van der Waals surface area contributed by atoms with Crippen LogP contribution < -0.4 is 5.73 Å². The minimum Gasteiger partial charge on any atom is -0.461 e. The number of thioether (sulfide) groups is 1. The summed E-state index contributed by atoms with van der Waals surface area (Å²) in [6.45, 7) is 0.993. The topological polar surface area (TPSA) is 120 Å². The minimum absolute atomic E-state index is 0.135. The summed E-state index contributed by atoms with van der Waals surface area (Å²) in [7, 11) is 0. The molecular formula is C23H20Cl2N6O3S2. The molecule has 3 aromatic heterocycles. The SMILES string of the molecule is NC(=O)C1CCN(C(=O)c2csc(CSc3nnc(-c4ccco4)n3-c3ccc(Cl)c(Cl)c3)n2)CC1. The van der Waals surface area contributed by atoms with Gasteiger partial charge in [0.25, 0.3) is 5.91 Å². The second-order valence-corrected chi connectivity index (χ2v) is 10.8. The molecule has 0 unspecified atom stereocenters. The first kappa shape index (κ1) is 24.8.